The van der Waals surface area contributed by atoms with Crippen LogP contribution in [0.25, 0.3) is 0 Å². The molecule has 0 bridgehead atoms. The number of carbonyl (C=O) groups excluding carboxylic acids is 2. The third kappa shape index (κ3) is 4.72. The topological polar surface area (TPSA) is 109 Å². The fourth-order valence-electron chi connectivity index (χ4n) is 2.66. The van der Waals surface area contributed by atoms with E-state index in [1.165, 1.54) is 18.4 Å². The molecule has 0 saturated heterocycles. The molecule has 0 fully saturated rings. The molecule has 0 atom stereocenters. The third-order valence-corrected chi connectivity index (χ3v) is 4.35. The number of nitrogens with one attached hydrogen (secondary N) is 2. The fourth-order valence-corrected chi connectivity index (χ4v) is 2.66. The minimum atomic E-state index is -0.964. The Balaban J connectivity index is 2.14. The maximum absolute atomic E-state index is 12.6. The van der Waals surface area contributed by atoms with Crippen LogP contribution in [0.2, 0.25) is 0 Å². The maximum atomic E-state index is 12.6. The summed E-state index contributed by atoms with van der Waals surface area (Å²) in [6.45, 7) is 3.68. The van der Waals surface area contributed by atoms with Crippen molar-refractivity contribution in [2.24, 2.45) is 0 Å². The van der Waals surface area contributed by atoms with E-state index in [1.807, 2.05) is 13.8 Å². The summed E-state index contributed by atoms with van der Waals surface area (Å²) >= 11 is 0. The lowest BCUT2D eigenvalue weighted by Gasteiger charge is -2.31. The molecular weight excluding hydrogens is 336 g/mol. The Morgan fingerprint density at radius 2 is 1.81 bits per heavy atom. The SMILES string of the molecule is CCC(CC)(CC(=O)O)NC(=O)c1cccc(NC(=O)c2ccco2)c1. The van der Waals surface area contributed by atoms with E-state index in [1.54, 1.807) is 24.3 Å². The Bertz CT molecular complexity index is 779. The highest BCUT2D eigenvalue weighted by molar-refractivity contribution is 6.03. The van der Waals surface area contributed by atoms with Gasteiger partial charge in [0.05, 0.1) is 18.2 Å². The Morgan fingerprint density at radius 3 is 2.38 bits per heavy atom. The molecule has 1 aromatic carbocycles. The highest BCUT2D eigenvalue weighted by Gasteiger charge is 2.31. The molecule has 2 aromatic rings. The van der Waals surface area contributed by atoms with Crippen LogP contribution in [-0.4, -0.2) is 28.4 Å². The Kier molecular flexibility index (Phi) is 6.16. The summed E-state index contributed by atoms with van der Waals surface area (Å²) in [5.41, 5.74) is -0.0362. The first-order chi connectivity index (χ1) is 12.4. The summed E-state index contributed by atoms with van der Waals surface area (Å²) < 4.78 is 5.03. The van der Waals surface area contributed by atoms with Crippen LogP contribution < -0.4 is 10.6 Å². The van der Waals surface area contributed by atoms with E-state index in [0.29, 0.717) is 24.1 Å². The predicted molar refractivity (Wildman–Crippen MR) is 96.1 cm³/mol. The fraction of sp³-hybridized carbons (Fsp3) is 0.316. The van der Waals surface area contributed by atoms with Crippen molar-refractivity contribution in [3.05, 3.63) is 54.0 Å². The predicted octanol–water partition coefficient (Wildman–Crippen LogP) is 3.30. The number of hydrogen-bond donors (Lipinski definition) is 3. The van der Waals surface area contributed by atoms with E-state index in [9.17, 15) is 14.4 Å². The summed E-state index contributed by atoms with van der Waals surface area (Å²) in [5.74, 6) is -1.61. The zero-order valence-corrected chi connectivity index (χ0v) is 14.7. The molecule has 26 heavy (non-hydrogen) atoms. The molecule has 0 spiro atoms. The molecule has 7 nitrogen and oxygen atoms in total. The lowest BCUT2D eigenvalue weighted by Crippen LogP contribution is -2.49. The Morgan fingerprint density at radius 1 is 1.08 bits per heavy atom. The van der Waals surface area contributed by atoms with Gasteiger partial charge in [-0.3, -0.25) is 14.4 Å². The normalized spacial score (nSPS) is 11.0. The zero-order valence-electron chi connectivity index (χ0n) is 14.7. The largest absolute Gasteiger partial charge is 0.481 e. The molecule has 2 amide bonds. The van der Waals surface area contributed by atoms with Crippen LogP contribution in [0.15, 0.2) is 47.1 Å². The van der Waals surface area contributed by atoms with Gasteiger partial charge in [-0.25, -0.2) is 0 Å². The number of carboxylic acid groups (broad SMARTS) is 1. The smallest absolute Gasteiger partial charge is 0.305 e. The Labute approximate surface area is 151 Å². The van der Waals surface area contributed by atoms with Gasteiger partial charge >= 0.3 is 5.97 Å². The molecule has 0 aliphatic rings. The van der Waals surface area contributed by atoms with Gasteiger partial charge in [0.15, 0.2) is 5.76 Å². The molecular formula is C19H22N2O5. The molecule has 0 aliphatic heterocycles. The monoisotopic (exact) mass is 358 g/mol. The second kappa shape index (κ2) is 8.33. The van der Waals surface area contributed by atoms with Crippen molar-refractivity contribution in [1.29, 1.82) is 0 Å². The number of rotatable bonds is 8. The molecule has 138 valence electrons. The number of hydrogen-bond acceptors (Lipinski definition) is 4. The van der Waals surface area contributed by atoms with Crippen LogP contribution >= 0.6 is 0 Å². The number of amides is 2. The van der Waals surface area contributed by atoms with Gasteiger partial charge < -0.3 is 20.2 Å². The van der Waals surface area contributed by atoms with Crippen molar-refractivity contribution in [2.45, 2.75) is 38.6 Å². The minimum Gasteiger partial charge on any atom is -0.481 e. The van der Waals surface area contributed by atoms with Crippen molar-refractivity contribution < 1.29 is 23.9 Å². The zero-order chi connectivity index (χ0) is 19.2. The van der Waals surface area contributed by atoms with E-state index in [2.05, 4.69) is 10.6 Å². The van der Waals surface area contributed by atoms with Crippen LogP contribution in [0.3, 0.4) is 0 Å². The number of furan rings is 1. The minimum absolute atomic E-state index is 0.152. The highest BCUT2D eigenvalue weighted by atomic mass is 16.4. The lowest BCUT2D eigenvalue weighted by molar-refractivity contribution is -0.138. The molecule has 0 saturated carbocycles. The van der Waals surface area contributed by atoms with Gasteiger partial charge in [0.1, 0.15) is 0 Å². The van der Waals surface area contributed by atoms with Gasteiger partial charge in [-0.05, 0) is 43.2 Å². The van der Waals surface area contributed by atoms with Crippen molar-refractivity contribution in [1.82, 2.24) is 5.32 Å². The average Bonchev–Trinajstić information content (AvgIpc) is 3.15. The van der Waals surface area contributed by atoms with E-state index in [-0.39, 0.29) is 18.1 Å². The number of aliphatic carboxylic acids is 1. The van der Waals surface area contributed by atoms with Crippen LogP contribution in [0.5, 0.6) is 0 Å². The first kappa shape index (κ1) is 19.2. The third-order valence-electron chi connectivity index (χ3n) is 4.35. The number of anilines is 1. The van der Waals surface area contributed by atoms with Crippen molar-refractivity contribution in [2.75, 3.05) is 5.32 Å². The highest BCUT2D eigenvalue weighted by Crippen LogP contribution is 2.21. The summed E-state index contributed by atoms with van der Waals surface area (Å²) in [5, 5.41) is 14.6. The van der Waals surface area contributed by atoms with Gasteiger partial charge in [0.25, 0.3) is 11.8 Å². The second-order valence-electron chi connectivity index (χ2n) is 6.02. The number of benzene rings is 1. The first-order valence-electron chi connectivity index (χ1n) is 8.38. The molecule has 0 radical (unpaired) electrons. The average molecular weight is 358 g/mol. The molecule has 3 N–H and O–H groups in total. The molecule has 0 aliphatic carbocycles. The number of carbonyl (C=O) groups is 3. The van der Waals surface area contributed by atoms with Gasteiger partial charge in [0, 0.05) is 11.3 Å². The van der Waals surface area contributed by atoms with Crippen LogP contribution in [0.1, 0.15) is 54.0 Å². The van der Waals surface area contributed by atoms with E-state index >= 15 is 0 Å². The van der Waals surface area contributed by atoms with Crippen molar-refractivity contribution in [3.8, 4) is 0 Å². The molecule has 7 heteroatoms. The lowest BCUT2D eigenvalue weighted by atomic mass is 9.88. The van der Waals surface area contributed by atoms with Crippen LogP contribution in [0.4, 0.5) is 5.69 Å². The first-order valence-corrected chi connectivity index (χ1v) is 8.38. The van der Waals surface area contributed by atoms with Crippen molar-refractivity contribution >= 4 is 23.5 Å². The van der Waals surface area contributed by atoms with E-state index in [4.69, 9.17) is 9.52 Å². The van der Waals surface area contributed by atoms with E-state index in [0.717, 1.165) is 0 Å². The Hall–Kier alpha value is -3.09. The van der Waals surface area contributed by atoms with Gasteiger partial charge in [-0.2, -0.15) is 0 Å². The summed E-state index contributed by atoms with van der Waals surface area (Å²) in [6.07, 6.45) is 2.24. The molecule has 2 rings (SSSR count). The molecule has 0 unspecified atom stereocenters. The quantitative estimate of drug-likeness (QED) is 0.671. The van der Waals surface area contributed by atoms with Crippen LogP contribution in [0, 0.1) is 0 Å². The van der Waals surface area contributed by atoms with E-state index < -0.39 is 17.4 Å². The summed E-state index contributed by atoms with van der Waals surface area (Å²) in [4.78, 5) is 35.8. The van der Waals surface area contributed by atoms with Crippen molar-refractivity contribution in [3.63, 3.8) is 0 Å². The molecule has 1 heterocycles. The standard InChI is InChI=1S/C19H22N2O5/c1-3-19(4-2,12-16(22)23)21-17(24)13-7-5-8-14(11-13)20-18(25)15-9-6-10-26-15/h5-11H,3-4,12H2,1-2H3,(H,20,25)(H,21,24)(H,22,23). The summed E-state index contributed by atoms with van der Waals surface area (Å²) in [6, 6.07) is 9.58. The summed E-state index contributed by atoms with van der Waals surface area (Å²) in [7, 11) is 0. The number of carboxylic acids is 1. The maximum Gasteiger partial charge on any atom is 0.305 e. The van der Waals surface area contributed by atoms with Gasteiger partial charge in [-0.15, -0.1) is 0 Å². The van der Waals surface area contributed by atoms with Crippen LogP contribution in [-0.2, 0) is 4.79 Å². The van der Waals surface area contributed by atoms with Gasteiger partial charge in [-0.1, -0.05) is 19.9 Å². The van der Waals surface area contributed by atoms with Gasteiger partial charge in [0.2, 0.25) is 0 Å². The second-order valence-corrected chi connectivity index (χ2v) is 6.02. The molecule has 1 aromatic heterocycles.